The van der Waals surface area contributed by atoms with Crippen molar-refractivity contribution < 1.29 is 18.4 Å². The minimum absolute atomic E-state index is 0.0166. The molecule has 0 aliphatic rings. The van der Waals surface area contributed by atoms with E-state index in [1.807, 2.05) is 37.3 Å². The van der Waals surface area contributed by atoms with Gasteiger partial charge in [-0.1, -0.05) is 60.7 Å². The van der Waals surface area contributed by atoms with Crippen LogP contribution in [0.1, 0.15) is 23.6 Å². The fourth-order valence-corrected chi connectivity index (χ4v) is 4.45. The Morgan fingerprint density at radius 1 is 0.912 bits per heavy atom. The van der Waals surface area contributed by atoms with Gasteiger partial charge in [0.15, 0.2) is 0 Å². The minimum atomic E-state index is -0.791. The van der Waals surface area contributed by atoms with E-state index in [-0.39, 0.29) is 29.9 Å². The van der Waals surface area contributed by atoms with Crippen LogP contribution in [0.3, 0.4) is 0 Å². The van der Waals surface area contributed by atoms with E-state index in [4.69, 9.17) is 0 Å². The van der Waals surface area contributed by atoms with E-state index in [1.165, 1.54) is 34.9 Å². The molecule has 0 spiro atoms. The van der Waals surface area contributed by atoms with Gasteiger partial charge >= 0.3 is 0 Å². The lowest BCUT2D eigenvalue weighted by Gasteiger charge is -2.31. The van der Waals surface area contributed by atoms with Crippen LogP contribution in [-0.2, 0) is 28.3 Å². The highest BCUT2D eigenvalue weighted by molar-refractivity contribution is 7.99. The number of carbonyl (C=O) groups is 2. The SMILES string of the molecule is CCNC(=O)[C@@H](Cc1ccccc1)N(Cc1ccccc1F)C(=O)CSCc1ccc(F)cc1. The number of amides is 2. The second-order valence-electron chi connectivity index (χ2n) is 7.83. The van der Waals surface area contributed by atoms with E-state index in [9.17, 15) is 18.4 Å². The van der Waals surface area contributed by atoms with E-state index in [0.717, 1.165) is 11.1 Å². The zero-order valence-electron chi connectivity index (χ0n) is 19.0. The van der Waals surface area contributed by atoms with Crippen LogP contribution in [-0.4, -0.2) is 35.1 Å². The average Bonchev–Trinajstić information content (AvgIpc) is 2.84. The van der Waals surface area contributed by atoms with E-state index in [0.29, 0.717) is 24.3 Å². The summed E-state index contributed by atoms with van der Waals surface area (Å²) in [6, 6.07) is 21.1. The summed E-state index contributed by atoms with van der Waals surface area (Å²) >= 11 is 1.37. The topological polar surface area (TPSA) is 49.4 Å². The van der Waals surface area contributed by atoms with Crippen LogP contribution in [0.4, 0.5) is 8.78 Å². The Kier molecular flexibility index (Phi) is 9.64. The molecular formula is C27H28F2N2O2S. The van der Waals surface area contributed by atoms with E-state index < -0.39 is 11.9 Å². The fraction of sp³-hybridized carbons (Fsp3) is 0.259. The number of thioether (sulfide) groups is 1. The second-order valence-corrected chi connectivity index (χ2v) is 8.82. The maximum Gasteiger partial charge on any atom is 0.243 e. The Balaban J connectivity index is 1.82. The van der Waals surface area contributed by atoms with Crippen LogP contribution in [0.15, 0.2) is 78.9 Å². The highest BCUT2D eigenvalue weighted by Crippen LogP contribution is 2.19. The number of rotatable bonds is 11. The van der Waals surface area contributed by atoms with Crippen molar-refractivity contribution in [1.29, 1.82) is 0 Å². The first-order chi connectivity index (χ1) is 16.5. The summed E-state index contributed by atoms with van der Waals surface area (Å²) in [6.07, 6.45) is 0.315. The number of nitrogens with zero attached hydrogens (tertiary/aromatic N) is 1. The predicted octanol–water partition coefficient (Wildman–Crippen LogP) is 4.97. The summed E-state index contributed by atoms with van der Waals surface area (Å²) in [5.74, 6) is -0.650. The Hall–Kier alpha value is -3.19. The summed E-state index contributed by atoms with van der Waals surface area (Å²) in [6.45, 7) is 2.22. The number of likely N-dealkylation sites (N-methyl/N-ethyl adjacent to an activating group) is 1. The predicted molar refractivity (Wildman–Crippen MR) is 132 cm³/mol. The molecule has 0 fully saturated rings. The van der Waals surface area contributed by atoms with Gasteiger partial charge in [-0.15, -0.1) is 11.8 Å². The lowest BCUT2D eigenvalue weighted by Crippen LogP contribution is -2.51. The molecule has 2 amide bonds. The third-order valence-electron chi connectivity index (χ3n) is 5.33. The molecule has 178 valence electrons. The van der Waals surface area contributed by atoms with Crippen molar-refractivity contribution in [1.82, 2.24) is 10.2 Å². The van der Waals surface area contributed by atoms with Gasteiger partial charge in [-0.25, -0.2) is 8.78 Å². The zero-order chi connectivity index (χ0) is 24.3. The van der Waals surface area contributed by atoms with Gasteiger partial charge in [0.25, 0.3) is 0 Å². The van der Waals surface area contributed by atoms with Crippen molar-refractivity contribution in [2.24, 2.45) is 0 Å². The van der Waals surface area contributed by atoms with Gasteiger partial charge in [-0.3, -0.25) is 9.59 Å². The molecule has 3 rings (SSSR count). The van der Waals surface area contributed by atoms with Gasteiger partial charge in [0, 0.05) is 30.8 Å². The molecule has 0 heterocycles. The number of nitrogens with one attached hydrogen (secondary N) is 1. The lowest BCUT2D eigenvalue weighted by molar-refractivity contribution is -0.139. The fourth-order valence-electron chi connectivity index (χ4n) is 3.58. The number of halogens is 2. The average molecular weight is 483 g/mol. The maximum absolute atomic E-state index is 14.5. The third kappa shape index (κ3) is 7.42. The van der Waals surface area contributed by atoms with Gasteiger partial charge in [0.1, 0.15) is 17.7 Å². The third-order valence-corrected chi connectivity index (χ3v) is 6.32. The highest BCUT2D eigenvalue weighted by Gasteiger charge is 2.30. The normalized spacial score (nSPS) is 11.6. The molecule has 1 N–H and O–H groups in total. The quantitative estimate of drug-likeness (QED) is 0.420. The first-order valence-electron chi connectivity index (χ1n) is 11.1. The molecule has 34 heavy (non-hydrogen) atoms. The van der Waals surface area contributed by atoms with Gasteiger partial charge in [-0.2, -0.15) is 0 Å². The van der Waals surface area contributed by atoms with Gasteiger partial charge < -0.3 is 10.2 Å². The van der Waals surface area contributed by atoms with Crippen molar-refractivity contribution in [2.75, 3.05) is 12.3 Å². The summed E-state index contributed by atoms with van der Waals surface area (Å²) in [7, 11) is 0. The maximum atomic E-state index is 14.5. The van der Waals surface area contributed by atoms with E-state index >= 15 is 0 Å². The molecule has 0 saturated carbocycles. The summed E-state index contributed by atoms with van der Waals surface area (Å²) < 4.78 is 27.6. The molecule has 7 heteroatoms. The standard InChI is InChI=1S/C27H28F2N2O2S/c1-2-30-27(33)25(16-20-8-4-3-5-9-20)31(17-22-10-6-7-11-24(22)29)26(32)19-34-18-21-12-14-23(28)15-13-21/h3-15,25H,2,16-19H2,1H3,(H,30,33)/t25-/m1/s1. The molecule has 0 aromatic heterocycles. The van der Waals surface area contributed by atoms with E-state index in [1.54, 1.807) is 30.3 Å². The van der Waals surface area contributed by atoms with Crippen LogP contribution in [0.5, 0.6) is 0 Å². The first kappa shape index (κ1) is 25.4. The Morgan fingerprint density at radius 3 is 2.26 bits per heavy atom. The molecule has 0 radical (unpaired) electrons. The molecule has 0 saturated heterocycles. The molecule has 3 aromatic carbocycles. The van der Waals surface area contributed by atoms with E-state index in [2.05, 4.69) is 5.32 Å². The van der Waals surface area contributed by atoms with Gasteiger partial charge in [0.2, 0.25) is 11.8 Å². The van der Waals surface area contributed by atoms with Gasteiger partial charge in [0.05, 0.1) is 5.75 Å². The van der Waals surface area contributed by atoms with Gasteiger partial charge in [-0.05, 0) is 36.2 Å². The molecule has 1 atom stereocenters. The molecule has 4 nitrogen and oxygen atoms in total. The van der Waals surface area contributed by atoms with Crippen molar-refractivity contribution in [3.8, 4) is 0 Å². The Morgan fingerprint density at radius 2 is 1.59 bits per heavy atom. The summed E-state index contributed by atoms with van der Waals surface area (Å²) in [5, 5.41) is 2.82. The summed E-state index contributed by atoms with van der Waals surface area (Å²) in [5.41, 5.74) is 2.15. The molecule has 0 aliphatic heterocycles. The van der Waals surface area contributed by atoms with Crippen LogP contribution in [0.25, 0.3) is 0 Å². The number of hydrogen-bond donors (Lipinski definition) is 1. The number of benzene rings is 3. The second kappa shape index (κ2) is 12.9. The van der Waals surface area contributed by atoms with Crippen LogP contribution in [0, 0.1) is 11.6 Å². The Labute approximate surface area is 203 Å². The minimum Gasteiger partial charge on any atom is -0.355 e. The molecular weight excluding hydrogens is 454 g/mol. The molecule has 0 bridgehead atoms. The monoisotopic (exact) mass is 482 g/mol. The molecule has 3 aromatic rings. The highest BCUT2D eigenvalue weighted by atomic mass is 32.2. The number of hydrogen-bond acceptors (Lipinski definition) is 3. The zero-order valence-corrected chi connectivity index (χ0v) is 19.9. The first-order valence-corrected chi connectivity index (χ1v) is 12.3. The Bertz CT molecular complexity index is 1080. The molecule has 0 unspecified atom stereocenters. The largest absolute Gasteiger partial charge is 0.355 e. The van der Waals surface area contributed by atoms with Crippen molar-refractivity contribution in [3.05, 3.63) is 107 Å². The number of carbonyl (C=O) groups excluding carboxylic acids is 2. The van der Waals surface area contributed by atoms with Crippen LogP contribution in [0.2, 0.25) is 0 Å². The van der Waals surface area contributed by atoms with Crippen molar-refractivity contribution in [3.63, 3.8) is 0 Å². The van der Waals surface area contributed by atoms with Crippen LogP contribution < -0.4 is 5.32 Å². The van der Waals surface area contributed by atoms with Crippen molar-refractivity contribution in [2.45, 2.75) is 31.7 Å². The molecule has 0 aliphatic carbocycles. The lowest BCUT2D eigenvalue weighted by atomic mass is 10.0. The van der Waals surface area contributed by atoms with Crippen LogP contribution >= 0.6 is 11.8 Å². The summed E-state index contributed by atoms with van der Waals surface area (Å²) in [4.78, 5) is 27.9. The van der Waals surface area contributed by atoms with Crippen molar-refractivity contribution >= 4 is 23.6 Å². The smallest absolute Gasteiger partial charge is 0.243 e.